The molecule has 0 fully saturated rings. The van der Waals surface area contributed by atoms with E-state index in [1.807, 2.05) is 0 Å². The molecule has 6 nitrogen and oxygen atoms in total. The van der Waals surface area contributed by atoms with Crippen LogP contribution in [0, 0.1) is 0 Å². The van der Waals surface area contributed by atoms with Gasteiger partial charge in [-0.1, -0.05) is 0 Å². The van der Waals surface area contributed by atoms with Gasteiger partial charge in [0.05, 0.1) is 12.3 Å². The van der Waals surface area contributed by atoms with Gasteiger partial charge >= 0.3 is 5.97 Å². The third kappa shape index (κ3) is 2.10. The van der Waals surface area contributed by atoms with Crippen LogP contribution in [0.25, 0.3) is 5.69 Å². The highest BCUT2D eigenvalue weighted by molar-refractivity contribution is 5.88. The first-order valence-corrected chi connectivity index (χ1v) is 5.12. The number of ether oxygens (including phenoxy) is 1. The Kier molecular flexibility index (Phi) is 3.04. The second-order valence-corrected chi connectivity index (χ2v) is 3.25. The minimum Gasteiger partial charge on any atom is -0.462 e. The van der Waals surface area contributed by atoms with Crippen LogP contribution in [0.15, 0.2) is 35.5 Å². The predicted molar refractivity (Wildman–Crippen MR) is 60.1 cm³/mol. The summed E-state index contributed by atoms with van der Waals surface area (Å²) >= 11 is 0. The van der Waals surface area contributed by atoms with Crippen molar-refractivity contribution in [3.8, 4) is 5.69 Å². The van der Waals surface area contributed by atoms with Gasteiger partial charge in [0.2, 0.25) is 0 Å². The third-order valence-corrected chi connectivity index (χ3v) is 2.19. The Bertz CT molecular complexity index is 571. The van der Waals surface area contributed by atoms with Gasteiger partial charge in [0.1, 0.15) is 5.56 Å². The normalized spacial score (nSPS) is 10.2. The molecule has 2 aromatic heterocycles. The number of pyridine rings is 1. The van der Waals surface area contributed by atoms with Crippen molar-refractivity contribution in [2.45, 2.75) is 6.92 Å². The minimum absolute atomic E-state index is 0.0105. The molecular weight excluding hydrogens is 222 g/mol. The van der Waals surface area contributed by atoms with Crippen molar-refractivity contribution in [3.05, 3.63) is 46.6 Å². The summed E-state index contributed by atoms with van der Waals surface area (Å²) in [6, 6.07) is 3.32. The summed E-state index contributed by atoms with van der Waals surface area (Å²) in [5, 5.41) is 2.71. The van der Waals surface area contributed by atoms with Gasteiger partial charge in [-0.15, -0.1) is 0 Å². The lowest BCUT2D eigenvalue weighted by atomic mass is 10.3. The van der Waals surface area contributed by atoms with Gasteiger partial charge in [0, 0.05) is 18.6 Å². The lowest BCUT2D eigenvalue weighted by Crippen LogP contribution is -2.21. The Balaban J connectivity index is 2.40. The molecule has 0 aliphatic heterocycles. The second kappa shape index (κ2) is 4.65. The monoisotopic (exact) mass is 233 g/mol. The molecule has 6 heteroatoms. The summed E-state index contributed by atoms with van der Waals surface area (Å²) in [5.41, 5.74) is 0.166. The van der Waals surface area contributed by atoms with Crippen molar-refractivity contribution in [2.75, 3.05) is 6.61 Å². The van der Waals surface area contributed by atoms with E-state index in [4.69, 9.17) is 4.74 Å². The molecule has 88 valence electrons. The van der Waals surface area contributed by atoms with Gasteiger partial charge in [0.15, 0.2) is 0 Å². The maximum Gasteiger partial charge on any atom is 0.345 e. The fraction of sp³-hybridized carbons (Fsp3) is 0.182. The summed E-state index contributed by atoms with van der Waals surface area (Å²) < 4.78 is 6.03. The van der Waals surface area contributed by atoms with Crippen LogP contribution in [0.5, 0.6) is 0 Å². The van der Waals surface area contributed by atoms with E-state index in [1.54, 1.807) is 31.5 Å². The van der Waals surface area contributed by atoms with Crippen LogP contribution in [0.1, 0.15) is 17.3 Å². The van der Waals surface area contributed by atoms with Crippen LogP contribution in [-0.4, -0.2) is 27.3 Å². The number of carbonyl (C=O) groups excluding carboxylic acids is 1. The molecule has 2 rings (SSSR count). The van der Waals surface area contributed by atoms with Crippen molar-refractivity contribution in [1.82, 2.24) is 14.8 Å². The minimum atomic E-state index is -0.624. The number of H-pyrrole nitrogens is 1. The topological polar surface area (TPSA) is 77.0 Å². The van der Waals surface area contributed by atoms with E-state index in [1.165, 1.54) is 10.9 Å². The van der Waals surface area contributed by atoms with Crippen LogP contribution < -0.4 is 5.56 Å². The molecule has 0 saturated heterocycles. The van der Waals surface area contributed by atoms with Gasteiger partial charge in [0.25, 0.3) is 5.56 Å². The fourth-order valence-electron chi connectivity index (χ4n) is 1.41. The number of nitrogens with zero attached hydrogens (tertiary/aromatic N) is 2. The molecule has 0 unspecified atom stereocenters. The summed E-state index contributed by atoms with van der Waals surface area (Å²) in [7, 11) is 0. The first kappa shape index (κ1) is 11.1. The molecule has 0 spiro atoms. The molecule has 0 atom stereocenters. The molecule has 0 amide bonds. The van der Waals surface area contributed by atoms with E-state index in [0.29, 0.717) is 5.69 Å². The van der Waals surface area contributed by atoms with Crippen molar-refractivity contribution in [1.29, 1.82) is 0 Å². The molecule has 0 bridgehead atoms. The number of rotatable bonds is 3. The largest absolute Gasteiger partial charge is 0.462 e. The lowest BCUT2D eigenvalue weighted by molar-refractivity contribution is 0.0525. The Morgan fingerprint density at radius 3 is 2.82 bits per heavy atom. The molecule has 1 N–H and O–H groups in total. The van der Waals surface area contributed by atoms with E-state index < -0.39 is 11.5 Å². The van der Waals surface area contributed by atoms with Crippen LogP contribution in [-0.2, 0) is 4.74 Å². The lowest BCUT2D eigenvalue weighted by Gasteiger charge is -1.99. The van der Waals surface area contributed by atoms with E-state index in [-0.39, 0.29) is 12.2 Å². The van der Waals surface area contributed by atoms with Crippen LogP contribution in [0.2, 0.25) is 0 Å². The third-order valence-electron chi connectivity index (χ3n) is 2.19. The smallest absolute Gasteiger partial charge is 0.345 e. The number of hydrogen-bond donors (Lipinski definition) is 1. The number of hydrogen-bond acceptors (Lipinski definition) is 4. The first-order chi connectivity index (χ1) is 8.24. The number of carbonyl (C=O) groups is 1. The van der Waals surface area contributed by atoms with Gasteiger partial charge < -0.3 is 4.74 Å². The quantitative estimate of drug-likeness (QED) is 0.793. The maximum atomic E-state index is 11.9. The highest BCUT2D eigenvalue weighted by Gasteiger charge is 2.15. The molecule has 2 aromatic rings. The number of aromatic amines is 1. The molecule has 0 aliphatic rings. The number of nitrogens with one attached hydrogen (secondary N) is 1. The zero-order chi connectivity index (χ0) is 12.3. The zero-order valence-electron chi connectivity index (χ0n) is 9.21. The SMILES string of the molecule is CCOC(=O)c1c[nH]n(-c2ccncc2)c1=O. The molecule has 0 aliphatic carbocycles. The summed E-state index contributed by atoms with van der Waals surface area (Å²) in [4.78, 5) is 27.2. The summed E-state index contributed by atoms with van der Waals surface area (Å²) in [6.07, 6.45) is 4.46. The molecular formula is C11H11N3O3. The fourth-order valence-corrected chi connectivity index (χ4v) is 1.41. The van der Waals surface area contributed by atoms with Crippen molar-refractivity contribution < 1.29 is 9.53 Å². The highest BCUT2D eigenvalue weighted by Crippen LogP contribution is 2.02. The Hall–Kier alpha value is -2.37. The molecule has 2 heterocycles. The summed E-state index contributed by atoms with van der Waals surface area (Å²) in [5.74, 6) is -0.624. The van der Waals surface area contributed by atoms with E-state index in [0.717, 1.165) is 0 Å². The average Bonchev–Trinajstić information content (AvgIpc) is 2.72. The summed E-state index contributed by atoms with van der Waals surface area (Å²) in [6.45, 7) is 1.92. The van der Waals surface area contributed by atoms with Crippen molar-refractivity contribution >= 4 is 5.97 Å². The van der Waals surface area contributed by atoms with Crippen LogP contribution >= 0.6 is 0 Å². The van der Waals surface area contributed by atoms with Crippen LogP contribution in [0.3, 0.4) is 0 Å². The van der Waals surface area contributed by atoms with Crippen molar-refractivity contribution in [3.63, 3.8) is 0 Å². The van der Waals surface area contributed by atoms with E-state index >= 15 is 0 Å². The highest BCUT2D eigenvalue weighted by atomic mass is 16.5. The van der Waals surface area contributed by atoms with Gasteiger partial charge in [-0.3, -0.25) is 14.9 Å². The first-order valence-electron chi connectivity index (χ1n) is 5.12. The van der Waals surface area contributed by atoms with Gasteiger partial charge in [-0.25, -0.2) is 9.48 Å². The standard InChI is InChI=1S/C11H11N3O3/c1-2-17-11(16)9-7-13-14(10(9)15)8-3-5-12-6-4-8/h3-7,13H,2H2,1H3. The second-order valence-electron chi connectivity index (χ2n) is 3.25. The maximum absolute atomic E-state index is 11.9. The molecule has 17 heavy (non-hydrogen) atoms. The van der Waals surface area contributed by atoms with E-state index in [9.17, 15) is 9.59 Å². The zero-order valence-corrected chi connectivity index (χ0v) is 9.21. The Morgan fingerprint density at radius 2 is 2.18 bits per heavy atom. The molecule has 0 saturated carbocycles. The van der Waals surface area contributed by atoms with Gasteiger partial charge in [-0.2, -0.15) is 0 Å². The molecule has 0 aromatic carbocycles. The van der Waals surface area contributed by atoms with Crippen LogP contribution in [0.4, 0.5) is 0 Å². The average molecular weight is 233 g/mol. The Labute approximate surface area is 96.8 Å². The van der Waals surface area contributed by atoms with E-state index in [2.05, 4.69) is 10.1 Å². The predicted octanol–water partition coefficient (Wildman–Crippen LogP) is 0.737. The Morgan fingerprint density at radius 1 is 1.47 bits per heavy atom. The number of esters is 1. The van der Waals surface area contributed by atoms with Gasteiger partial charge in [-0.05, 0) is 19.1 Å². The van der Waals surface area contributed by atoms with Crippen molar-refractivity contribution in [2.24, 2.45) is 0 Å². The molecule has 0 radical (unpaired) electrons. The number of aromatic nitrogens is 3.